The Bertz CT molecular complexity index is 934. The van der Waals surface area contributed by atoms with Crippen LogP contribution in [0.4, 0.5) is 0 Å². The molecule has 1 unspecified atom stereocenters. The number of amides is 1. The summed E-state index contributed by atoms with van der Waals surface area (Å²) in [5.74, 6) is 2.74. The molecular weight excluding hydrogens is 346 g/mol. The molecule has 0 radical (unpaired) electrons. The maximum absolute atomic E-state index is 12.8. The number of carbonyl (C=O) groups is 1. The van der Waals surface area contributed by atoms with Gasteiger partial charge >= 0.3 is 0 Å². The molecule has 140 valence electrons. The summed E-state index contributed by atoms with van der Waals surface area (Å²) in [6, 6.07) is 1.81. The SMILES string of the molecule is Cc1cc(C(=O)N2CCCC(Cc3nc(-c4cnccn4)no3)C2)c(C)o1. The molecule has 1 fully saturated rings. The van der Waals surface area contributed by atoms with Gasteiger partial charge in [-0.3, -0.25) is 9.78 Å². The molecule has 3 aromatic heterocycles. The Morgan fingerprint density at radius 3 is 2.96 bits per heavy atom. The lowest BCUT2D eigenvalue weighted by atomic mass is 9.94. The number of rotatable bonds is 4. The predicted molar refractivity (Wildman–Crippen MR) is 95.8 cm³/mol. The van der Waals surface area contributed by atoms with Crippen LogP contribution in [0.25, 0.3) is 11.5 Å². The highest BCUT2D eigenvalue weighted by atomic mass is 16.5. The summed E-state index contributed by atoms with van der Waals surface area (Å²) in [6.07, 6.45) is 7.41. The minimum atomic E-state index is 0.0276. The van der Waals surface area contributed by atoms with Gasteiger partial charge in [0.15, 0.2) is 0 Å². The van der Waals surface area contributed by atoms with Crippen molar-refractivity contribution >= 4 is 5.91 Å². The highest BCUT2D eigenvalue weighted by molar-refractivity contribution is 5.95. The second kappa shape index (κ2) is 7.30. The van der Waals surface area contributed by atoms with E-state index in [9.17, 15) is 4.79 Å². The standard InChI is InChI=1S/C19H21N5O3/c1-12-8-15(13(2)26-12)19(25)24-7-3-4-14(11-24)9-17-22-18(23-27-17)16-10-20-5-6-21-16/h5-6,8,10,14H,3-4,7,9,11H2,1-2H3. The molecule has 3 aromatic rings. The normalized spacial score (nSPS) is 17.3. The van der Waals surface area contributed by atoms with Crippen LogP contribution >= 0.6 is 0 Å². The van der Waals surface area contributed by atoms with Gasteiger partial charge in [0.2, 0.25) is 11.7 Å². The summed E-state index contributed by atoms with van der Waals surface area (Å²) in [5.41, 5.74) is 1.23. The van der Waals surface area contributed by atoms with Crippen molar-refractivity contribution in [3.63, 3.8) is 0 Å². The van der Waals surface area contributed by atoms with Crippen molar-refractivity contribution in [3.8, 4) is 11.5 Å². The van der Waals surface area contributed by atoms with Gasteiger partial charge in [0, 0.05) is 31.9 Å². The topological polar surface area (TPSA) is 98.2 Å². The van der Waals surface area contributed by atoms with Gasteiger partial charge in [0.05, 0.1) is 11.8 Å². The van der Waals surface area contributed by atoms with Crippen molar-refractivity contribution in [1.82, 2.24) is 25.0 Å². The van der Waals surface area contributed by atoms with Gasteiger partial charge in [0.1, 0.15) is 17.2 Å². The zero-order chi connectivity index (χ0) is 18.8. The fourth-order valence-corrected chi connectivity index (χ4v) is 3.53. The molecule has 0 bridgehead atoms. The fourth-order valence-electron chi connectivity index (χ4n) is 3.53. The van der Waals surface area contributed by atoms with E-state index in [0.29, 0.717) is 41.7 Å². The minimum Gasteiger partial charge on any atom is -0.466 e. The maximum Gasteiger partial charge on any atom is 0.257 e. The largest absolute Gasteiger partial charge is 0.466 e. The zero-order valence-electron chi connectivity index (χ0n) is 15.4. The van der Waals surface area contributed by atoms with E-state index in [0.717, 1.165) is 25.1 Å². The lowest BCUT2D eigenvalue weighted by Gasteiger charge is -2.32. The lowest BCUT2D eigenvalue weighted by Crippen LogP contribution is -2.40. The first-order valence-electron chi connectivity index (χ1n) is 9.05. The third kappa shape index (κ3) is 3.74. The highest BCUT2D eigenvalue weighted by Gasteiger charge is 2.28. The van der Waals surface area contributed by atoms with E-state index >= 15 is 0 Å². The van der Waals surface area contributed by atoms with E-state index in [2.05, 4.69) is 20.1 Å². The molecule has 1 aliphatic rings. The molecule has 0 aromatic carbocycles. The van der Waals surface area contributed by atoms with Crippen LogP contribution in [0.15, 0.2) is 33.6 Å². The Labute approximate surface area is 156 Å². The van der Waals surface area contributed by atoms with Gasteiger partial charge in [-0.15, -0.1) is 0 Å². The fraction of sp³-hybridized carbons (Fsp3) is 0.421. The van der Waals surface area contributed by atoms with Crippen LogP contribution in [0.3, 0.4) is 0 Å². The molecule has 0 spiro atoms. The third-order valence-electron chi connectivity index (χ3n) is 4.80. The number of piperidine rings is 1. The van der Waals surface area contributed by atoms with Crippen molar-refractivity contribution < 1.29 is 13.7 Å². The van der Waals surface area contributed by atoms with Crippen LogP contribution in [0, 0.1) is 19.8 Å². The molecule has 1 amide bonds. The maximum atomic E-state index is 12.8. The number of carbonyl (C=O) groups excluding carboxylic acids is 1. The lowest BCUT2D eigenvalue weighted by molar-refractivity contribution is 0.0666. The molecule has 1 atom stereocenters. The second-order valence-electron chi connectivity index (χ2n) is 6.89. The number of aromatic nitrogens is 4. The van der Waals surface area contributed by atoms with Crippen LogP contribution in [-0.2, 0) is 6.42 Å². The number of likely N-dealkylation sites (tertiary alicyclic amines) is 1. The van der Waals surface area contributed by atoms with E-state index in [1.54, 1.807) is 18.6 Å². The number of nitrogens with zero attached hydrogens (tertiary/aromatic N) is 5. The molecule has 1 aliphatic heterocycles. The summed E-state index contributed by atoms with van der Waals surface area (Å²) in [5, 5.41) is 3.99. The van der Waals surface area contributed by atoms with E-state index < -0.39 is 0 Å². The number of furan rings is 1. The summed E-state index contributed by atoms with van der Waals surface area (Å²) in [6.45, 7) is 5.11. The first-order valence-corrected chi connectivity index (χ1v) is 9.05. The Morgan fingerprint density at radius 2 is 2.22 bits per heavy atom. The first-order chi connectivity index (χ1) is 13.1. The summed E-state index contributed by atoms with van der Waals surface area (Å²) in [7, 11) is 0. The minimum absolute atomic E-state index is 0.0276. The summed E-state index contributed by atoms with van der Waals surface area (Å²) in [4.78, 5) is 27.3. The van der Waals surface area contributed by atoms with Crippen molar-refractivity contribution in [2.45, 2.75) is 33.1 Å². The van der Waals surface area contributed by atoms with E-state index in [1.807, 2.05) is 24.8 Å². The Kier molecular flexibility index (Phi) is 4.70. The molecule has 0 N–H and O–H groups in total. The predicted octanol–water partition coefficient (Wildman–Crippen LogP) is 2.83. The van der Waals surface area contributed by atoms with Crippen LogP contribution in [0.5, 0.6) is 0 Å². The first kappa shape index (κ1) is 17.4. The number of hydrogen-bond acceptors (Lipinski definition) is 7. The summed E-state index contributed by atoms with van der Waals surface area (Å²) < 4.78 is 10.9. The average molecular weight is 367 g/mol. The van der Waals surface area contributed by atoms with Crippen molar-refractivity contribution in [2.24, 2.45) is 5.92 Å². The highest BCUT2D eigenvalue weighted by Crippen LogP contribution is 2.24. The molecule has 4 rings (SSSR count). The van der Waals surface area contributed by atoms with Crippen LogP contribution < -0.4 is 0 Å². The van der Waals surface area contributed by atoms with Gasteiger partial charge in [-0.2, -0.15) is 4.98 Å². The van der Waals surface area contributed by atoms with Crippen molar-refractivity contribution in [1.29, 1.82) is 0 Å². The van der Waals surface area contributed by atoms with Gasteiger partial charge in [-0.25, -0.2) is 4.98 Å². The molecule has 0 aliphatic carbocycles. The molecular formula is C19H21N5O3. The molecule has 0 saturated carbocycles. The third-order valence-corrected chi connectivity index (χ3v) is 4.80. The molecule has 4 heterocycles. The van der Waals surface area contributed by atoms with Gasteiger partial charge in [-0.05, 0) is 38.7 Å². The van der Waals surface area contributed by atoms with E-state index in [4.69, 9.17) is 8.94 Å². The monoisotopic (exact) mass is 367 g/mol. The quantitative estimate of drug-likeness (QED) is 0.699. The number of aryl methyl sites for hydroxylation is 2. The van der Waals surface area contributed by atoms with E-state index in [-0.39, 0.29) is 11.8 Å². The Hall–Kier alpha value is -3.03. The summed E-state index contributed by atoms with van der Waals surface area (Å²) >= 11 is 0. The van der Waals surface area contributed by atoms with Crippen molar-refractivity contribution in [3.05, 3.63) is 47.6 Å². The average Bonchev–Trinajstić information content (AvgIpc) is 3.28. The molecule has 1 saturated heterocycles. The van der Waals surface area contributed by atoms with Crippen LogP contribution in [0.1, 0.15) is 40.6 Å². The smallest absolute Gasteiger partial charge is 0.257 e. The van der Waals surface area contributed by atoms with Gasteiger partial charge in [0.25, 0.3) is 5.91 Å². The second-order valence-corrected chi connectivity index (χ2v) is 6.89. The zero-order valence-corrected chi connectivity index (χ0v) is 15.4. The van der Waals surface area contributed by atoms with Crippen molar-refractivity contribution in [2.75, 3.05) is 13.1 Å². The van der Waals surface area contributed by atoms with Crippen LogP contribution in [0.2, 0.25) is 0 Å². The number of hydrogen-bond donors (Lipinski definition) is 0. The van der Waals surface area contributed by atoms with E-state index in [1.165, 1.54) is 0 Å². The van der Waals surface area contributed by atoms with Crippen LogP contribution in [-0.4, -0.2) is 44.0 Å². The molecule has 27 heavy (non-hydrogen) atoms. The van der Waals surface area contributed by atoms with Gasteiger partial charge < -0.3 is 13.8 Å². The Balaban J connectivity index is 1.42. The van der Waals surface area contributed by atoms with Gasteiger partial charge in [-0.1, -0.05) is 5.16 Å². The molecule has 8 heteroatoms. The molecule has 8 nitrogen and oxygen atoms in total. The Morgan fingerprint density at radius 1 is 1.33 bits per heavy atom.